The third-order valence-corrected chi connectivity index (χ3v) is 3.22. The van der Waals surface area contributed by atoms with Crippen molar-refractivity contribution in [2.24, 2.45) is 5.73 Å². The van der Waals surface area contributed by atoms with Crippen molar-refractivity contribution in [3.8, 4) is 0 Å². The van der Waals surface area contributed by atoms with E-state index in [4.69, 9.17) is 5.73 Å². The van der Waals surface area contributed by atoms with Gasteiger partial charge in [-0.25, -0.2) is 0 Å². The lowest BCUT2D eigenvalue weighted by Crippen LogP contribution is -2.19. The van der Waals surface area contributed by atoms with Gasteiger partial charge in [-0.1, -0.05) is 13.8 Å². The van der Waals surface area contributed by atoms with Crippen LogP contribution in [0.5, 0.6) is 0 Å². The summed E-state index contributed by atoms with van der Waals surface area (Å²) < 4.78 is 0. The van der Waals surface area contributed by atoms with Crippen molar-refractivity contribution in [2.75, 3.05) is 6.54 Å². The van der Waals surface area contributed by atoms with E-state index in [9.17, 15) is 5.11 Å². The van der Waals surface area contributed by atoms with E-state index in [-0.39, 0.29) is 6.10 Å². The van der Waals surface area contributed by atoms with Gasteiger partial charge < -0.3 is 10.8 Å². The van der Waals surface area contributed by atoms with E-state index < -0.39 is 0 Å². The van der Waals surface area contributed by atoms with Gasteiger partial charge in [-0.2, -0.15) is 11.8 Å². The van der Waals surface area contributed by atoms with Crippen LogP contribution < -0.4 is 5.73 Å². The molecule has 0 aromatic heterocycles. The number of thioether (sulfide) groups is 1. The topological polar surface area (TPSA) is 46.2 Å². The van der Waals surface area contributed by atoms with Crippen molar-refractivity contribution in [3.63, 3.8) is 0 Å². The Labute approximate surface area is 73.6 Å². The largest absolute Gasteiger partial charge is 0.392 e. The first-order valence-corrected chi connectivity index (χ1v) is 5.05. The second-order valence-corrected chi connectivity index (χ2v) is 4.79. The zero-order valence-corrected chi connectivity index (χ0v) is 8.40. The van der Waals surface area contributed by atoms with E-state index >= 15 is 0 Å². The molecule has 3 unspecified atom stereocenters. The highest BCUT2D eigenvalue weighted by Gasteiger charge is 2.12. The first kappa shape index (κ1) is 11.3. The van der Waals surface area contributed by atoms with E-state index in [1.54, 1.807) is 11.8 Å². The van der Waals surface area contributed by atoms with Crippen LogP contribution in [-0.2, 0) is 0 Å². The van der Waals surface area contributed by atoms with Crippen molar-refractivity contribution in [3.05, 3.63) is 0 Å². The normalized spacial score (nSPS) is 19.4. The number of rotatable bonds is 5. The second-order valence-electron chi connectivity index (χ2n) is 2.97. The molecular weight excluding hydrogens is 158 g/mol. The molecule has 0 fully saturated rings. The molecule has 3 atom stereocenters. The van der Waals surface area contributed by atoms with Gasteiger partial charge in [0.1, 0.15) is 0 Å². The van der Waals surface area contributed by atoms with E-state index in [0.717, 1.165) is 13.0 Å². The molecule has 0 aromatic carbocycles. The van der Waals surface area contributed by atoms with Crippen LogP contribution in [0.2, 0.25) is 0 Å². The van der Waals surface area contributed by atoms with Crippen molar-refractivity contribution >= 4 is 11.8 Å². The van der Waals surface area contributed by atoms with Gasteiger partial charge in [0.25, 0.3) is 0 Å². The Hall–Kier alpha value is 0.270. The summed E-state index contributed by atoms with van der Waals surface area (Å²) in [6.07, 6.45) is 0.807. The van der Waals surface area contributed by atoms with Gasteiger partial charge in [0.05, 0.1) is 6.10 Å². The summed E-state index contributed by atoms with van der Waals surface area (Å²) in [4.78, 5) is 0. The molecule has 68 valence electrons. The Kier molecular flexibility index (Phi) is 6.01. The number of aliphatic hydroxyl groups excluding tert-OH is 1. The summed E-state index contributed by atoms with van der Waals surface area (Å²) in [6, 6.07) is 0. The van der Waals surface area contributed by atoms with Crippen LogP contribution in [0.1, 0.15) is 27.2 Å². The van der Waals surface area contributed by atoms with Gasteiger partial charge in [-0.15, -0.1) is 0 Å². The molecule has 0 saturated carbocycles. The number of hydrogen-bond acceptors (Lipinski definition) is 3. The first-order valence-electron chi connectivity index (χ1n) is 4.11. The van der Waals surface area contributed by atoms with Gasteiger partial charge in [0, 0.05) is 10.5 Å². The lowest BCUT2D eigenvalue weighted by Gasteiger charge is -2.18. The van der Waals surface area contributed by atoms with E-state index in [2.05, 4.69) is 6.92 Å². The van der Waals surface area contributed by atoms with Gasteiger partial charge in [-0.3, -0.25) is 0 Å². The van der Waals surface area contributed by atoms with Crippen LogP contribution in [0.15, 0.2) is 0 Å². The molecule has 0 radical (unpaired) electrons. The minimum Gasteiger partial charge on any atom is -0.392 e. The zero-order chi connectivity index (χ0) is 8.85. The molecule has 0 heterocycles. The van der Waals surface area contributed by atoms with Crippen molar-refractivity contribution in [1.82, 2.24) is 0 Å². The number of hydrogen-bond donors (Lipinski definition) is 2. The van der Waals surface area contributed by atoms with Crippen LogP contribution in [0, 0.1) is 0 Å². The van der Waals surface area contributed by atoms with Gasteiger partial charge in [-0.05, 0) is 19.9 Å². The summed E-state index contributed by atoms with van der Waals surface area (Å²) in [5, 5.41) is 10.1. The molecule has 0 aliphatic rings. The Morgan fingerprint density at radius 1 is 1.36 bits per heavy atom. The summed E-state index contributed by atoms with van der Waals surface area (Å²) in [5.74, 6) is 0. The molecule has 2 nitrogen and oxygen atoms in total. The Balaban J connectivity index is 3.48. The second kappa shape index (κ2) is 5.86. The average molecular weight is 177 g/mol. The minimum atomic E-state index is -0.222. The van der Waals surface area contributed by atoms with Crippen LogP contribution in [-0.4, -0.2) is 28.3 Å². The van der Waals surface area contributed by atoms with E-state index in [0.29, 0.717) is 10.5 Å². The molecule has 0 aromatic rings. The van der Waals surface area contributed by atoms with Gasteiger partial charge >= 0.3 is 0 Å². The summed E-state index contributed by atoms with van der Waals surface area (Å²) in [6.45, 7) is 6.76. The molecule has 0 rings (SSSR count). The van der Waals surface area contributed by atoms with Crippen LogP contribution in [0.4, 0.5) is 0 Å². The van der Waals surface area contributed by atoms with Gasteiger partial charge in [0.2, 0.25) is 0 Å². The monoisotopic (exact) mass is 177 g/mol. The molecule has 0 saturated heterocycles. The van der Waals surface area contributed by atoms with Crippen molar-refractivity contribution < 1.29 is 5.11 Å². The lowest BCUT2D eigenvalue weighted by molar-refractivity contribution is 0.196. The SMILES string of the molecule is CC(CCN)SC(C)C(C)O. The predicted molar refractivity (Wildman–Crippen MR) is 51.9 cm³/mol. The highest BCUT2D eigenvalue weighted by molar-refractivity contribution is 8.00. The maximum Gasteiger partial charge on any atom is 0.0628 e. The maximum absolute atomic E-state index is 9.19. The highest BCUT2D eigenvalue weighted by atomic mass is 32.2. The molecule has 0 spiro atoms. The first-order chi connectivity index (χ1) is 5.07. The molecule has 3 N–H and O–H groups in total. The fourth-order valence-corrected chi connectivity index (χ4v) is 2.02. The average Bonchev–Trinajstić information content (AvgIpc) is 1.87. The van der Waals surface area contributed by atoms with Crippen molar-refractivity contribution in [1.29, 1.82) is 0 Å². The molecular formula is C8H19NOS. The van der Waals surface area contributed by atoms with E-state index in [1.165, 1.54) is 0 Å². The Morgan fingerprint density at radius 2 is 1.91 bits per heavy atom. The smallest absolute Gasteiger partial charge is 0.0628 e. The maximum atomic E-state index is 9.19. The highest BCUT2D eigenvalue weighted by Crippen LogP contribution is 2.21. The molecule has 0 aliphatic carbocycles. The molecule has 0 amide bonds. The minimum absolute atomic E-state index is 0.222. The number of nitrogens with two attached hydrogens (primary N) is 1. The molecule has 0 bridgehead atoms. The predicted octanol–water partition coefficient (Wildman–Crippen LogP) is 1.23. The summed E-state index contributed by atoms with van der Waals surface area (Å²) in [5.41, 5.74) is 5.41. The Bertz CT molecular complexity index is 98.1. The molecule has 0 aliphatic heterocycles. The Morgan fingerprint density at radius 3 is 2.27 bits per heavy atom. The third-order valence-electron chi connectivity index (χ3n) is 1.70. The summed E-state index contributed by atoms with van der Waals surface area (Å²) >= 11 is 1.80. The van der Waals surface area contributed by atoms with Crippen LogP contribution in [0.25, 0.3) is 0 Å². The van der Waals surface area contributed by atoms with Gasteiger partial charge in [0.15, 0.2) is 0 Å². The zero-order valence-electron chi connectivity index (χ0n) is 7.58. The standard InChI is InChI=1S/C8H19NOS/c1-6(4-5-9)11-8(3)7(2)10/h6-8,10H,4-5,9H2,1-3H3. The number of aliphatic hydroxyl groups is 1. The molecule has 11 heavy (non-hydrogen) atoms. The van der Waals surface area contributed by atoms with Crippen molar-refractivity contribution in [2.45, 2.75) is 43.8 Å². The van der Waals surface area contributed by atoms with Crippen LogP contribution in [0.3, 0.4) is 0 Å². The fraction of sp³-hybridized carbons (Fsp3) is 1.00. The molecule has 3 heteroatoms. The van der Waals surface area contributed by atoms with E-state index in [1.807, 2.05) is 13.8 Å². The quantitative estimate of drug-likeness (QED) is 0.664. The van der Waals surface area contributed by atoms with Crippen LogP contribution >= 0.6 is 11.8 Å². The third kappa shape index (κ3) is 5.53. The fourth-order valence-electron chi connectivity index (χ4n) is 0.783. The lowest BCUT2D eigenvalue weighted by atomic mass is 10.3. The summed E-state index contributed by atoms with van der Waals surface area (Å²) in [7, 11) is 0.